The highest BCUT2D eigenvalue weighted by Gasteiger charge is 2.27. The van der Waals surface area contributed by atoms with Crippen LogP contribution in [0.4, 0.5) is 0 Å². The van der Waals surface area contributed by atoms with Gasteiger partial charge in [0, 0.05) is 37.3 Å². The molecule has 0 radical (unpaired) electrons. The molecule has 8 nitrogen and oxygen atoms in total. The van der Waals surface area contributed by atoms with E-state index in [0.29, 0.717) is 30.9 Å². The van der Waals surface area contributed by atoms with Gasteiger partial charge in [0.25, 0.3) is 5.91 Å². The van der Waals surface area contributed by atoms with Gasteiger partial charge in [0.15, 0.2) is 15.6 Å². The van der Waals surface area contributed by atoms with Gasteiger partial charge in [0.2, 0.25) is 0 Å². The van der Waals surface area contributed by atoms with Crippen molar-refractivity contribution in [3.8, 4) is 5.75 Å². The second kappa shape index (κ2) is 7.69. The molecule has 1 saturated heterocycles. The van der Waals surface area contributed by atoms with Gasteiger partial charge in [-0.3, -0.25) is 4.79 Å². The number of amides is 1. The van der Waals surface area contributed by atoms with Crippen LogP contribution in [0.15, 0.2) is 33.7 Å². The third kappa shape index (κ3) is 4.30. The van der Waals surface area contributed by atoms with Crippen molar-refractivity contribution in [3.63, 3.8) is 0 Å². The van der Waals surface area contributed by atoms with E-state index in [1.54, 1.807) is 24.0 Å². The molecule has 0 aliphatic carbocycles. The van der Waals surface area contributed by atoms with Crippen molar-refractivity contribution < 1.29 is 22.5 Å². The van der Waals surface area contributed by atoms with Crippen LogP contribution in [0, 0.1) is 6.92 Å². The maximum Gasteiger partial charge on any atom is 0.253 e. The zero-order chi connectivity index (χ0) is 19.6. The fourth-order valence-corrected chi connectivity index (χ4v) is 4.53. The maximum absolute atomic E-state index is 12.9. The third-order valence-corrected chi connectivity index (χ3v) is 6.06. The number of benzene rings is 1. The van der Waals surface area contributed by atoms with E-state index in [2.05, 4.69) is 10.5 Å². The molecule has 2 heterocycles. The fraction of sp³-hybridized carbons (Fsp3) is 0.444. The Morgan fingerprint density at radius 1 is 1.41 bits per heavy atom. The predicted molar refractivity (Wildman–Crippen MR) is 98.5 cm³/mol. The Labute approximate surface area is 158 Å². The van der Waals surface area contributed by atoms with E-state index in [-0.39, 0.29) is 34.1 Å². The van der Waals surface area contributed by atoms with Crippen LogP contribution in [-0.2, 0) is 15.6 Å². The van der Waals surface area contributed by atoms with Crippen molar-refractivity contribution in [1.29, 1.82) is 0 Å². The van der Waals surface area contributed by atoms with Gasteiger partial charge in [-0.25, -0.2) is 8.42 Å². The molecular formula is C18H23N3O5S. The van der Waals surface area contributed by atoms with Crippen LogP contribution >= 0.6 is 0 Å². The summed E-state index contributed by atoms with van der Waals surface area (Å²) < 4.78 is 36.0. The number of piperazine rings is 1. The summed E-state index contributed by atoms with van der Waals surface area (Å²) in [5.74, 6) is -0.122. The molecule has 1 fully saturated rings. The normalized spacial score (nSPS) is 17.7. The third-order valence-electron chi connectivity index (χ3n) is 4.41. The lowest BCUT2D eigenvalue weighted by Gasteiger charge is -2.32. The summed E-state index contributed by atoms with van der Waals surface area (Å²) >= 11 is 0. The van der Waals surface area contributed by atoms with Crippen LogP contribution in [0.5, 0.6) is 5.75 Å². The molecule has 1 atom stereocenters. The van der Waals surface area contributed by atoms with Crippen LogP contribution in [0.2, 0.25) is 0 Å². The molecule has 0 bridgehead atoms. The number of aryl methyl sites for hydroxylation is 1. The van der Waals surface area contributed by atoms with Crippen LogP contribution in [0.1, 0.15) is 28.7 Å². The number of sulfone groups is 1. The molecule has 1 unspecified atom stereocenters. The average molecular weight is 393 g/mol. The molecule has 1 aromatic carbocycles. The zero-order valence-corrected chi connectivity index (χ0v) is 16.4. The quantitative estimate of drug-likeness (QED) is 0.819. The van der Waals surface area contributed by atoms with Crippen molar-refractivity contribution in [1.82, 2.24) is 15.4 Å². The summed E-state index contributed by atoms with van der Waals surface area (Å²) in [7, 11) is -2.39. The van der Waals surface area contributed by atoms with Crippen molar-refractivity contribution >= 4 is 15.7 Å². The van der Waals surface area contributed by atoms with Crippen molar-refractivity contribution in [3.05, 3.63) is 41.3 Å². The molecule has 1 aliphatic heterocycles. The van der Waals surface area contributed by atoms with Crippen molar-refractivity contribution in [2.45, 2.75) is 30.5 Å². The monoisotopic (exact) mass is 393 g/mol. The van der Waals surface area contributed by atoms with E-state index in [4.69, 9.17) is 9.26 Å². The summed E-state index contributed by atoms with van der Waals surface area (Å²) in [6.45, 7) is 5.58. The van der Waals surface area contributed by atoms with Crippen LogP contribution in [0.25, 0.3) is 0 Å². The highest BCUT2D eigenvalue weighted by Crippen LogP contribution is 2.28. The number of carbonyl (C=O) groups is 1. The Morgan fingerprint density at radius 3 is 2.81 bits per heavy atom. The molecule has 1 N–H and O–H groups in total. The van der Waals surface area contributed by atoms with E-state index >= 15 is 0 Å². The molecule has 27 heavy (non-hydrogen) atoms. The summed E-state index contributed by atoms with van der Waals surface area (Å²) in [6.07, 6.45) is 0. The van der Waals surface area contributed by atoms with Gasteiger partial charge >= 0.3 is 0 Å². The largest absolute Gasteiger partial charge is 0.495 e. The summed E-state index contributed by atoms with van der Waals surface area (Å²) in [4.78, 5) is 14.5. The minimum absolute atomic E-state index is 0.0342. The first-order valence-electron chi connectivity index (χ1n) is 8.66. The summed E-state index contributed by atoms with van der Waals surface area (Å²) in [5, 5.41) is 6.99. The first-order valence-corrected chi connectivity index (χ1v) is 10.3. The molecular weight excluding hydrogens is 370 g/mol. The number of nitrogens with one attached hydrogen (secondary N) is 1. The van der Waals surface area contributed by atoms with E-state index in [9.17, 15) is 13.2 Å². The van der Waals surface area contributed by atoms with Crippen LogP contribution < -0.4 is 10.1 Å². The Bertz CT molecular complexity index is 938. The molecule has 0 spiro atoms. The lowest BCUT2D eigenvalue weighted by Crippen LogP contribution is -2.51. The molecule has 1 amide bonds. The highest BCUT2D eigenvalue weighted by atomic mass is 32.2. The van der Waals surface area contributed by atoms with Crippen molar-refractivity contribution in [2.24, 2.45) is 0 Å². The van der Waals surface area contributed by atoms with Gasteiger partial charge < -0.3 is 19.5 Å². The van der Waals surface area contributed by atoms with E-state index in [0.717, 1.165) is 0 Å². The molecule has 0 saturated carbocycles. The van der Waals surface area contributed by atoms with Gasteiger partial charge in [0.05, 0.1) is 12.8 Å². The Kier molecular flexibility index (Phi) is 5.52. The van der Waals surface area contributed by atoms with Crippen LogP contribution in [-0.4, -0.2) is 57.2 Å². The smallest absolute Gasteiger partial charge is 0.253 e. The molecule has 9 heteroatoms. The summed E-state index contributed by atoms with van der Waals surface area (Å²) in [5.41, 5.74) is 0.918. The lowest BCUT2D eigenvalue weighted by molar-refractivity contribution is 0.0709. The standard InChI is InChI=1S/C18H23N3O5S/c1-12-8-15(26-20-12)11-27(23,24)17-9-14(4-5-16(17)25-3)18(22)21-7-6-19-13(2)10-21/h4-5,8-9,13,19H,6-7,10-11H2,1-3H3. The van der Waals surface area contributed by atoms with Gasteiger partial charge in [-0.1, -0.05) is 5.16 Å². The molecule has 1 aromatic heterocycles. The van der Waals surface area contributed by atoms with E-state index in [1.165, 1.54) is 19.2 Å². The Hall–Kier alpha value is -2.39. The first-order chi connectivity index (χ1) is 12.8. The zero-order valence-electron chi connectivity index (χ0n) is 15.6. The number of methoxy groups -OCH3 is 1. The minimum Gasteiger partial charge on any atom is -0.495 e. The minimum atomic E-state index is -3.78. The number of nitrogens with zero attached hydrogens (tertiary/aromatic N) is 2. The number of carbonyl (C=O) groups excluding carboxylic acids is 1. The van der Waals surface area contributed by atoms with Gasteiger partial charge in [-0.05, 0) is 32.0 Å². The van der Waals surface area contributed by atoms with E-state index < -0.39 is 9.84 Å². The van der Waals surface area contributed by atoms with Gasteiger partial charge in [0.1, 0.15) is 16.4 Å². The molecule has 3 rings (SSSR count). The fourth-order valence-electron chi connectivity index (χ4n) is 3.10. The highest BCUT2D eigenvalue weighted by molar-refractivity contribution is 7.90. The molecule has 146 valence electrons. The summed E-state index contributed by atoms with van der Waals surface area (Å²) in [6, 6.07) is 6.25. The number of ether oxygens (including phenoxy) is 1. The number of hydrogen-bond donors (Lipinski definition) is 1. The topological polar surface area (TPSA) is 102 Å². The number of rotatable bonds is 5. The molecule has 1 aliphatic rings. The van der Waals surface area contributed by atoms with Crippen molar-refractivity contribution in [2.75, 3.05) is 26.7 Å². The molecule has 2 aromatic rings. The second-order valence-electron chi connectivity index (χ2n) is 6.67. The van der Waals surface area contributed by atoms with Crippen LogP contribution in [0.3, 0.4) is 0 Å². The van der Waals surface area contributed by atoms with E-state index in [1.807, 2.05) is 6.92 Å². The predicted octanol–water partition coefficient (Wildman–Crippen LogP) is 1.40. The SMILES string of the molecule is COc1ccc(C(=O)N2CCNC(C)C2)cc1S(=O)(=O)Cc1cc(C)no1. The second-order valence-corrected chi connectivity index (χ2v) is 8.62. The Morgan fingerprint density at radius 2 is 2.19 bits per heavy atom. The lowest BCUT2D eigenvalue weighted by atomic mass is 10.1. The maximum atomic E-state index is 12.9. The van der Waals surface area contributed by atoms with Gasteiger partial charge in [-0.15, -0.1) is 0 Å². The van der Waals surface area contributed by atoms with Gasteiger partial charge in [-0.2, -0.15) is 0 Å². The average Bonchev–Trinajstić information content (AvgIpc) is 3.04. The Balaban J connectivity index is 1.92. The number of hydrogen-bond acceptors (Lipinski definition) is 7. The first kappa shape index (κ1) is 19.4. The number of aromatic nitrogens is 1.